The molecule has 0 aliphatic carbocycles. The summed E-state index contributed by atoms with van der Waals surface area (Å²) in [5.74, 6) is 1.74. The van der Waals surface area contributed by atoms with Crippen molar-refractivity contribution in [3.8, 4) is 11.5 Å². The molecule has 0 saturated carbocycles. The van der Waals surface area contributed by atoms with Crippen LogP contribution < -0.4 is 9.47 Å². The van der Waals surface area contributed by atoms with E-state index in [1.807, 2.05) is 55.5 Å². The fourth-order valence-corrected chi connectivity index (χ4v) is 2.93. The van der Waals surface area contributed by atoms with E-state index in [0.717, 1.165) is 35.9 Å². The summed E-state index contributed by atoms with van der Waals surface area (Å²) in [4.78, 5) is 0. The molecule has 0 unspecified atom stereocenters. The van der Waals surface area contributed by atoms with Crippen LogP contribution in [-0.2, 0) is 0 Å². The van der Waals surface area contributed by atoms with E-state index in [2.05, 4.69) is 17.2 Å². The van der Waals surface area contributed by atoms with Crippen molar-refractivity contribution in [2.24, 2.45) is 10.2 Å². The zero-order valence-corrected chi connectivity index (χ0v) is 17.4. The van der Waals surface area contributed by atoms with Crippen molar-refractivity contribution < 1.29 is 9.47 Å². The van der Waals surface area contributed by atoms with Crippen molar-refractivity contribution >= 4 is 11.4 Å². The lowest BCUT2D eigenvalue weighted by molar-refractivity contribution is 0.304. The summed E-state index contributed by atoms with van der Waals surface area (Å²) in [7, 11) is 0. The quantitative estimate of drug-likeness (QED) is 0.245. The van der Waals surface area contributed by atoms with Crippen LogP contribution in [0.15, 0.2) is 58.8 Å². The second-order valence-corrected chi connectivity index (χ2v) is 6.94. The maximum atomic E-state index is 5.82. The van der Waals surface area contributed by atoms with Crippen molar-refractivity contribution in [3.63, 3.8) is 0 Å². The second kappa shape index (κ2) is 13.8. The summed E-state index contributed by atoms with van der Waals surface area (Å²) in [6.07, 6.45) is 10.5. The highest BCUT2D eigenvalue weighted by atomic mass is 16.5. The minimum atomic E-state index is 0.661. The number of nitrogens with zero attached hydrogens (tertiary/aromatic N) is 2. The fraction of sp³-hybridized carbons (Fsp3) is 0.500. The Morgan fingerprint density at radius 1 is 0.571 bits per heavy atom. The van der Waals surface area contributed by atoms with Crippen LogP contribution in [0, 0.1) is 0 Å². The number of azo groups is 1. The first kappa shape index (κ1) is 21.9. The van der Waals surface area contributed by atoms with Crippen LogP contribution in [-0.4, -0.2) is 13.2 Å². The van der Waals surface area contributed by atoms with E-state index in [0.29, 0.717) is 6.61 Å². The van der Waals surface area contributed by atoms with Crippen LogP contribution in [0.1, 0.15) is 65.2 Å². The third kappa shape index (κ3) is 9.03. The maximum Gasteiger partial charge on any atom is 0.119 e. The number of hydrogen-bond acceptors (Lipinski definition) is 4. The van der Waals surface area contributed by atoms with Crippen molar-refractivity contribution in [1.82, 2.24) is 0 Å². The van der Waals surface area contributed by atoms with Gasteiger partial charge in [-0.1, -0.05) is 51.9 Å². The summed E-state index contributed by atoms with van der Waals surface area (Å²) >= 11 is 0. The molecule has 2 aromatic carbocycles. The summed E-state index contributed by atoms with van der Waals surface area (Å²) in [6, 6.07) is 15.4. The molecule has 2 rings (SSSR count). The van der Waals surface area contributed by atoms with E-state index >= 15 is 0 Å². The molecule has 2 aromatic rings. The van der Waals surface area contributed by atoms with E-state index in [1.54, 1.807) is 0 Å². The molecule has 152 valence electrons. The average molecular weight is 383 g/mol. The molecule has 4 heteroatoms. The lowest BCUT2D eigenvalue weighted by atomic mass is 10.1. The molecule has 0 N–H and O–H groups in total. The molecule has 0 aliphatic heterocycles. The Morgan fingerprint density at radius 3 is 1.54 bits per heavy atom. The van der Waals surface area contributed by atoms with Gasteiger partial charge in [-0.25, -0.2) is 0 Å². The van der Waals surface area contributed by atoms with Gasteiger partial charge in [0.1, 0.15) is 11.5 Å². The predicted octanol–water partition coefficient (Wildman–Crippen LogP) is 8.02. The molecule has 0 spiro atoms. The zero-order valence-electron chi connectivity index (χ0n) is 17.4. The van der Waals surface area contributed by atoms with Gasteiger partial charge in [-0.3, -0.25) is 0 Å². The Kier molecular flexibility index (Phi) is 10.8. The number of rotatable bonds is 14. The minimum Gasteiger partial charge on any atom is -0.494 e. The molecule has 0 saturated heterocycles. The summed E-state index contributed by atoms with van der Waals surface area (Å²) in [5, 5.41) is 8.53. The van der Waals surface area contributed by atoms with Crippen LogP contribution >= 0.6 is 0 Å². The first-order valence-electron chi connectivity index (χ1n) is 10.7. The number of ether oxygens (including phenoxy) is 2. The SMILES string of the molecule is CCCCCCCCCCOc1ccc(N=Nc2ccc(OCC)cc2)cc1. The van der Waals surface area contributed by atoms with Crippen molar-refractivity contribution in [3.05, 3.63) is 48.5 Å². The van der Waals surface area contributed by atoms with Gasteiger partial charge in [0.05, 0.1) is 24.6 Å². The normalized spacial score (nSPS) is 11.1. The van der Waals surface area contributed by atoms with Gasteiger partial charge in [-0.15, -0.1) is 0 Å². The molecule has 0 aromatic heterocycles. The molecule has 0 heterocycles. The Morgan fingerprint density at radius 2 is 1.04 bits per heavy atom. The molecule has 0 radical (unpaired) electrons. The summed E-state index contributed by atoms with van der Waals surface area (Å²) in [5.41, 5.74) is 1.62. The highest BCUT2D eigenvalue weighted by Gasteiger charge is 1.97. The lowest BCUT2D eigenvalue weighted by Crippen LogP contribution is -1.96. The van der Waals surface area contributed by atoms with Crippen molar-refractivity contribution in [2.45, 2.75) is 65.2 Å². The Hall–Kier alpha value is -2.36. The average Bonchev–Trinajstić information content (AvgIpc) is 2.73. The molecule has 0 amide bonds. The second-order valence-electron chi connectivity index (χ2n) is 6.94. The maximum absolute atomic E-state index is 5.82. The lowest BCUT2D eigenvalue weighted by Gasteiger charge is -2.06. The van der Waals surface area contributed by atoms with Gasteiger partial charge in [0.2, 0.25) is 0 Å². The Bertz CT molecular complexity index is 666. The molecule has 0 aliphatic rings. The summed E-state index contributed by atoms with van der Waals surface area (Å²) in [6.45, 7) is 5.67. The molecule has 0 fully saturated rings. The first-order chi connectivity index (χ1) is 13.8. The van der Waals surface area contributed by atoms with Gasteiger partial charge in [0.25, 0.3) is 0 Å². The highest BCUT2D eigenvalue weighted by molar-refractivity contribution is 5.44. The van der Waals surface area contributed by atoms with Gasteiger partial charge in [0, 0.05) is 0 Å². The van der Waals surface area contributed by atoms with E-state index in [9.17, 15) is 0 Å². The van der Waals surface area contributed by atoms with Crippen molar-refractivity contribution in [2.75, 3.05) is 13.2 Å². The number of unbranched alkanes of at least 4 members (excludes halogenated alkanes) is 7. The predicted molar refractivity (Wildman–Crippen MR) is 116 cm³/mol. The summed E-state index contributed by atoms with van der Waals surface area (Å²) < 4.78 is 11.2. The third-order valence-electron chi connectivity index (χ3n) is 4.53. The number of benzene rings is 2. The molecule has 0 bridgehead atoms. The van der Waals surface area contributed by atoms with Crippen LogP contribution in [0.25, 0.3) is 0 Å². The van der Waals surface area contributed by atoms with Crippen LogP contribution in [0.4, 0.5) is 11.4 Å². The van der Waals surface area contributed by atoms with E-state index in [-0.39, 0.29) is 0 Å². The standard InChI is InChI=1S/C24H34N2O2/c1-3-5-6-7-8-9-10-11-20-28-24-18-14-22(15-19-24)26-25-21-12-16-23(17-13-21)27-4-2/h12-19H,3-11,20H2,1-2H3. The molecule has 28 heavy (non-hydrogen) atoms. The molecule has 0 atom stereocenters. The van der Waals surface area contributed by atoms with Crippen molar-refractivity contribution in [1.29, 1.82) is 0 Å². The van der Waals surface area contributed by atoms with E-state index in [4.69, 9.17) is 9.47 Å². The van der Waals surface area contributed by atoms with Gasteiger partial charge < -0.3 is 9.47 Å². The Labute approximate surface area is 170 Å². The molecule has 4 nitrogen and oxygen atoms in total. The third-order valence-corrected chi connectivity index (χ3v) is 4.53. The van der Waals surface area contributed by atoms with Crippen LogP contribution in [0.5, 0.6) is 11.5 Å². The van der Waals surface area contributed by atoms with E-state index in [1.165, 1.54) is 44.9 Å². The fourth-order valence-electron chi connectivity index (χ4n) is 2.93. The van der Waals surface area contributed by atoms with Crippen LogP contribution in [0.2, 0.25) is 0 Å². The highest BCUT2D eigenvalue weighted by Crippen LogP contribution is 2.23. The topological polar surface area (TPSA) is 43.2 Å². The smallest absolute Gasteiger partial charge is 0.119 e. The van der Waals surface area contributed by atoms with E-state index < -0.39 is 0 Å². The van der Waals surface area contributed by atoms with Gasteiger partial charge in [-0.05, 0) is 61.9 Å². The Balaban J connectivity index is 1.64. The van der Waals surface area contributed by atoms with Gasteiger partial charge in [-0.2, -0.15) is 10.2 Å². The zero-order chi connectivity index (χ0) is 19.9. The first-order valence-corrected chi connectivity index (χ1v) is 10.7. The van der Waals surface area contributed by atoms with Crippen LogP contribution in [0.3, 0.4) is 0 Å². The van der Waals surface area contributed by atoms with Gasteiger partial charge >= 0.3 is 0 Å². The van der Waals surface area contributed by atoms with Gasteiger partial charge in [0.15, 0.2) is 0 Å². The molecular weight excluding hydrogens is 348 g/mol. The largest absolute Gasteiger partial charge is 0.494 e. The minimum absolute atomic E-state index is 0.661. The number of hydrogen-bond donors (Lipinski definition) is 0. The monoisotopic (exact) mass is 382 g/mol. The molecular formula is C24H34N2O2.